The van der Waals surface area contributed by atoms with Gasteiger partial charge in [-0.25, -0.2) is 0 Å². The van der Waals surface area contributed by atoms with Crippen LogP contribution >= 0.6 is 0 Å². The Balaban J connectivity index is -0.00000000533. The van der Waals surface area contributed by atoms with Crippen LogP contribution in [0.3, 0.4) is 0 Å². The topological polar surface area (TPSA) is 27.6 Å². The summed E-state index contributed by atoms with van der Waals surface area (Å²) in [4.78, 5) is 0. The largest absolute Gasteiger partial charge is 4.00 e. The average Bonchev–Trinajstić information content (AvgIpc) is 1.41. The summed E-state index contributed by atoms with van der Waals surface area (Å²) in [5, 5.41) is 0. The normalized spacial score (nSPS) is 3.82. The molecule has 0 spiro atoms. The summed E-state index contributed by atoms with van der Waals surface area (Å²) in [5.74, 6) is 0. The van der Waals surface area contributed by atoms with Gasteiger partial charge in [-0.15, -0.1) is 0 Å². The van der Waals surface area contributed by atoms with Crippen molar-refractivity contribution in [3.8, 4) is 0 Å². The zero-order chi connectivity index (χ0) is 4.12. The molecule has 0 atom stereocenters. The first kappa shape index (κ1) is 45.2. The molecule has 0 saturated carbocycles. The molecule has 0 heterocycles. The molecule has 0 aliphatic carbocycles. The number of quaternary nitrogens is 1. The molecule has 0 bridgehead atoms. The second-order valence-electron chi connectivity index (χ2n) is 1.21. The fourth-order valence-electron chi connectivity index (χ4n) is 0.250. The van der Waals surface area contributed by atoms with Gasteiger partial charge < -0.3 is 126 Å². The first-order valence-electron chi connectivity index (χ1n) is 2.21. The third-order valence-electron chi connectivity index (χ3n) is 0.604. The third-order valence-corrected chi connectivity index (χ3v) is 0.604. The summed E-state index contributed by atoms with van der Waals surface area (Å²) >= 11 is 0. The van der Waals surface area contributed by atoms with Gasteiger partial charge in [-0.3, -0.25) is 0 Å². The number of unbranched alkanes of at least 4 members (excludes halogenated alkanes) is 1. The molecule has 7 heteroatoms. The summed E-state index contributed by atoms with van der Waals surface area (Å²) < 4.78 is 0. The fourth-order valence-corrected chi connectivity index (χ4v) is 0.250. The maximum atomic E-state index is 3.68. The van der Waals surface area contributed by atoms with E-state index >= 15 is 0 Å². The van der Waals surface area contributed by atoms with Gasteiger partial charge >= 0.3 is 23.9 Å². The first-order chi connectivity index (χ1) is 2.41. The second-order valence-corrected chi connectivity index (χ2v) is 1.21. The molecule has 0 fully saturated rings. The zero-order valence-electron chi connectivity index (χ0n) is 6.22. The maximum absolute atomic E-state index is 3.68. The molecule has 0 saturated heterocycles. The smallest absolute Gasteiger partial charge is 1.00 e. The first-order valence-corrected chi connectivity index (χ1v) is 2.21. The van der Waals surface area contributed by atoms with Gasteiger partial charge in [-0.05, 0) is 6.42 Å². The van der Waals surface area contributed by atoms with E-state index in [9.17, 15) is 0 Å². The van der Waals surface area contributed by atoms with Gasteiger partial charge in [0.1, 0.15) is 0 Å². The van der Waals surface area contributed by atoms with Gasteiger partial charge in [0, 0.05) is 0 Å². The molecule has 0 aromatic rings. The van der Waals surface area contributed by atoms with Gasteiger partial charge in [-0.1, -0.05) is 13.3 Å². The van der Waals surface area contributed by atoms with Crippen LogP contribution in [-0.4, -0.2) is 30.5 Å². The van der Waals surface area contributed by atoms with Crippen molar-refractivity contribution in [3.63, 3.8) is 0 Å². The SMILES string of the molecule is CCCC[NH3+].[I-].[I-].[I-].[I-].[I-].[Sn+4]. The van der Waals surface area contributed by atoms with Crippen LogP contribution in [0.15, 0.2) is 0 Å². The van der Waals surface area contributed by atoms with Crippen molar-refractivity contribution in [1.82, 2.24) is 0 Å². The Morgan fingerprint density at radius 1 is 0.909 bits per heavy atom. The van der Waals surface area contributed by atoms with Gasteiger partial charge in [0.15, 0.2) is 0 Å². The van der Waals surface area contributed by atoms with E-state index < -0.39 is 0 Å². The van der Waals surface area contributed by atoms with E-state index in [2.05, 4.69) is 12.7 Å². The molecule has 0 unspecified atom stereocenters. The zero-order valence-corrected chi connectivity index (χ0v) is 19.9. The molecule has 0 amide bonds. The molecule has 11 heavy (non-hydrogen) atoms. The van der Waals surface area contributed by atoms with Crippen LogP contribution < -0.4 is 126 Å². The van der Waals surface area contributed by atoms with Gasteiger partial charge in [0.2, 0.25) is 0 Å². The summed E-state index contributed by atoms with van der Waals surface area (Å²) in [7, 11) is 0. The Morgan fingerprint density at radius 3 is 1.18 bits per heavy atom. The molecule has 3 N–H and O–H groups in total. The fraction of sp³-hybridized carbons (Fsp3) is 1.00. The van der Waals surface area contributed by atoms with Crippen molar-refractivity contribution in [3.05, 3.63) is 0 Å². The summed E-state index contributed by atoms with van der Waals surface area (Å²) in [6.07, 6.45) is 2.56. The Bertz CT molecular complexity index is 26.0. The molecule has 0 rings (SSSR count). The van der Waals surface area contributed by atoms with E-state index in [-0.39, 0.29) is 144 Å². The predicted octanol–water partition coefficient (Wildman–Crippen LogP) is -15.3. The summed E-state index contributed by atoms with van der Waals surface area (Å²) in [5.41, 5.74) is 3.68. The van der Waals surface area contributed by atoms with Crippen LogP contribution in [-0.2, 0) is 0 Å². The minimum absolute atomic E-state index is 0. The minimum Gasteiger partial charge on any atom is -1.00 e. The van der Waals surface area contributed by atoms with Crippen LogP contribution in [0.1, 0.15) is 19.8 Å². The number of hydrogen-bond acceptors (Lipinski definition) is 0. The Morgan fingerprint density at radius 2 is 1.18 bits per heavy atom. The van der Waals surface area contributed by atoms with Crippen molar-refractivity contribution >= 4 is 23.9 Å². The van der Waals surface area contributed by atoms with E-state index in [1.54, 1.807) is 0 Å². The second kappa shape index (κ2) is 47.2. The molecule has 72 valence electrons. The Labute approximate surface area is 172 Å². The van der Waals surface area contributed by atoms with Crippen molar-refractivity contribution < 1.29 is 126 Å². The Kier molecular flexibility index (Phi) is 194. The minimum atomic E-state index is 0. The van der Waals surface area contributed by atoms with Crippen molar-refractivity contribution in [1.29, 1.82) is 0 Å². The van der Waals surface area contributed by atoms with Gasteiger partial charge in [0.25, 0.3) is 0 Å². The van der Waals surface area contributed by atoms with Crippen LogP contribution in [0, 0.1) is 0 Å². The van der Waals surface area contributed by atoms with E-state index in [4.69, 9.17) is 0 Å². The van der Waals surface area contributed by atoms with Crippen LogP contribution in [0.5, 0.6) is 0 Å². The van der Waals surface area contributed by atoms with Crippen molar-refractivity contribution in [2.24, 2.45) is 0 Å². The van der Waals surface area contributed by atoms with Crippen LogP contribution in [0.2, 0.25) is 0 Å². The average molecular weight is 827 g/mol. The van der Waals surface area contributed by atoms with Crippen LogP contribution in [0.4, 0.5) is 0 Å². The summed E-state index contributed by atoms with van der Waals surface area (Å²) in [6.45, 7) is 3.27. The third kappa shape index (κ3) is 54.0. The number of halogens is 5. The Hall–Kier alpha value is 4.41. The van der Waals surface area contributed by atoms with Gasteiger partial charge in [0.05, 0.1) is 6.54 Å². The van der Waals surface area contributed by atoms with Gasteiger partial charge in [-0.2, -0.15) is 0 Å². The van der Waals surface area contributed by atoms with E-state index in [1.807, 2.05) is 0 Å². The standard InChI is InChI=1S/C4H11N.5HI.Sn/c1-2-3-4-5;;;;;;/h2-5H2,1H3;5*1H;/q;;;;;;+4/p-4. The maximum Gasteiger partial charge on any atom is 4.00 e. The van der Waals surface area contributed by atoms with Crippen molar-refractivity contribution in [2.45, 2.75) is 19.8 Å². The van der Waals surface area contributed by atoms with E-state index in [1.165, 1.54) is 12.8 Å². The molecular formula is C4H12I5NSn. The summed E-state index contributed by atoms with van der Waals surface area (Å²) in [6, 6.07) is 0. The van der Waals surface area contributed by atoms with Crippen LogP contribution in [0.25, 0.3) is 0 Å². The number of hydrogen-bond donors (Lipinski definition) is 1. The molecular weight excluding hydrogens is 815 g/mol. The molecule has 0 radical (unpaired) electrons. The molecule has 0 aromatic heterocycles. The van der Waals surface area contributed by atoms with Crippen molar-refractivity contribution in [2.75, 3.05) is 6.54 Å². The predicted molar refractivity (Wildman–Crippen MR) is 28.4 cm³/mol. The van der Waals surface area contributed by atoms with E-state index in [0.717, 1.165) is 6.54 Å². The monoisotopic (exact) mass is 829 g/mol. The molecule has 0 aliphatic heterocycles. The van der Waals surface area contributed by atoms with E-state index in [0.29, 0.717) is 0 Å². The molecule has 0 aliphatic rings. The molecule has 0 aromatic carbocycles. The quantitative estimate of drug-likeness (QED) is 0.212. The number of rotatable bonds is 2. The molecule has 1 nitrogen and oxygen atoms in total.